The van der Waals surface area contributed by atoms with E-state index in [-0.39, 0.29) is 19.1 Å². The van der Waals surface area contributed by atoms with Crippen LogP contribution >= 0.6 is 11.3 Å². The summed E-state index contributed by atoms with van der Waals surface area (Å²) in [5.41, 5.74) is 0.813. The van der Waals surface area contributed by atoms with Crippen LogP contribution < -0.4 is 5.32 Å². The van der Waals surface area contributed by atoms with Crippen LogP contribution in [0.4, 0.5) is 5.00 Å². The Morgan fingerprint density at radius 3 is 2.67 bits per heavy atom. The molecule has 1 aromatic carbocycles. The predicted octanol–water partition coefficient (Wildman–Crippen LogP) is 2.46. The van der Waals surface area contributed by atoms with Crippen molar-refractivity contribution in [3.63, 3.8) is 0 Å². The average molecular weight is 305 g/mol. The highest BCUT2D eigenvalue weighted by atomic mass is 32.1. The van der Waals surface area contributed by atoms with Crippen LogP contribution in [0, 0.1) is 6.92 Å². The van der Waals surface area contributed by atoms with Gasteiger partial charge in [0.05, 0.1) is 12.2 Å². The molecule has 0 aliphatic rings. The second-order valence-corrected chi connectivity index (χ2v) is 5.54. The molecule has 0 radical (unpaired) electrons. The molecule has 1 amide bonds. The molecule has 0 saturated carbocycles. The highest BCUT2D eigenvalue weighted by Crippen LogP contribution is 2.28. The number of hydrogen-bond donors (Lipinski definition) is 2. The van der Waals surface area contributed by atoms with Crippen LogP contribution in [0.2, 0.25) is 0 Å². The first kappa shape index (κ1) is 15.2. The van der Waals surface area contributed by atoms with Crippen LogP contribution in [-0.2, 0) is 4.74 Å². The van der Waals surface area contributed by atoms with E-state index in [9.17, 15) is 9.59 Å². The number of carbonyl (C=O) groups is 2. The van der Waals surface area contributed by atoms with Crippen molar-refractivity contribution in [1.29, 1.82) is 0 Å². The van der Waals surface area contributed by atoms with Gasteiger partial charge in [-0.25, -0.2) is 4.79 Å². The molecule has 0 aliphatic heterocycles. The number of amides is 1. The number of thiophene rings is 1. The Morgan fingerprint density at radius 2 is 2.00 bits per heavy atom. The zero-order valence-corrected chi connectivity index (χ0v) is 12.3. The number of hydrogen-bond acceptors (Lipinski definition) is 5. The van der Waals surface area contributed by atoms with Gasteiger partial charge in [0.1, 0.15) is 11.6 Å². The number of anilines is 1. The lowest BCUT2D eigenvalue weighted by Crippen LogP contribution is -2.14. The number of nitrogens with one attached hydrogen (secondary N) is 1. The molecular weight excluding hydrogens is 290 g/mol. The fourth-order valence-corrected chi connectivity index (χ4v) is 2.63. The summed E-state index contributed by atoms with van der Waals surface area (Å²) in [4.78, 5) is 24.9. The minimum absolute atomic E-state index is 0.0696. The quantitative estimate of drug-likeness (QED) is 0.832. The van der Waals surface area contributed by atoms with Crippen molar-refractivity contribution in [3.8, 4) is 0 Å². The fraction of sp³-hybridized carbons (Fsp3) is 0.200. The molecule has 0 atom stereocenters. The maximum Gasteiger partial charge on any atom is 0.341 e. The smallest absolute Gasteiger partial charge is 0.341 e. The number of aryl methyl sites for hydroxylation is 1. The van der Waals surface area contributed by atoms with E-state index < -0.39 is 5.97 Å². The lowest BCUT2D eigenvalue weighted by molar-refractivity contribution is 0.0435. The van der Waals surface area contributed by atoms with Crippen LogP contribution in [0.15, 0.2) is 36.4 Å². The number of esters is 1. The lowest BCUT2D eigenvalue weighted by Gasteiger charge is -2.06. The SMILES string of the molecule is Cc1cc(C(=O)OCCO)c(NC(=O)c2ccccc2)s1. The highest BCUT2D eigenvalue weighted by Gasteiger charge is 2.18. The Hall–Kier alpha value is -2.18. The first-order valence-electron chi connectivity index (χ1n) is 6.36. The molecule has 21 heavy (non-hydrogen) atoms. The Kier molecular flexibility index (Phi) is 5.08. The maximum atomic E-state index is 12.1. The van der Waals surface area contributed by atoms with Crippen LogP contribution in [0.3, 0.4) is 0 Å². The summed E-state index contributed by atoms with van der Waals surface area (Å²) in [6.07, 6.45) is 0. The van der Waals surface area contributed by atoms with Gasteiger partial charge in [0, 0.05) is 10.4 Å². The van der Waals surface area contributed by atoms with Crippen molar-refractivity contribution in [2.75, 3.05) is 18.5 Å². The van der Waals surface area contributed by atoms with Crippen LogP contribution in [0.1, 0.15) is 25.6 Å². The fourth-order valence-electron chi connectivity index (χ4n) is 1.74. The van der Waals surface area contributed by atoms with Crippen LogP contribution in [0.5, 0.6) is 0 Å². The Balaban J connectivity index is 2.17. The normalized spacial score (nSPS) is 10.2. The third kappa shape index (κ3) is 3.90. The van der Waals surface area contributed by atoms with Gasteiger partial charge >= 0.3 is 5.97 Å². The second kappa shape index (κ2) is 7.01. The summed E-state index contributed by atoms with van der Waals surface area (Å²) >= 11 is 1.30. The Labute approximate surface area is 126 Å². The van der Waals surface area contributed by atoms with Gasteiger partial charge in [-0.1, -0.05) is 18.2 Å². The van der Waals surface area contributed by atoms with E-state index >= 15 is 0 Å². The van der Waals surface area contributed by atoms with E-state index in [2.05, 4.69) is 5.32 Å². The van der Waals surface area contributed by atoms with Crippen molar-refractivity contribution in [3.05, 3.63) is 52.4 Å². The zero-order chi connectivity index (χ0) is 15.2. The molecule has 0 bridgehead atoms. The largest absolute Gasteiger partial charge is 0.460 e. The van der Waals surface area contributed by atoms with Gasteiger partial charge in [0.15, 0.2) is 0 Å². The van der Waals surface area contributed by atoms with Crippen molar-refractivity contribution in [2.45, 2.75) is 6.92 Å². The summed E-state index contributed by atoms with van der Waals surface area (Å²) in [5, 5.41) is 11.9. The summed E-state index contributed by atoms with van der Waals surface area (Å²) in [6.45, 7) is 1.53. The van der Waals surface area contributed by atoms with Crippen molar-refractivity contribution in [2.24, 2.45) is 0 Å². The van der Waals surface area contributed by atoms with Gasteiger partial charge in [-0.2, -0.15) is 0 Å². The third-order valence-electron chi connectivity index (χ3n) is 2.66. The highest BCUT2D eigenvalue weighted by molar-refractivity contribution is 7.16. The predicted molar refractivity (Wildman–Crippen MR) is 80.8 cm³/mol. The van der Waals surface area contributed by atoms with Gasteiger partial charge in [0.25, 0.3) is 5.91 Å². The summed E-state index contributed by atoms with van der Waals surface area (Å²) in [6, 6.07) is 10.4. The molecule has 5 nitrogen and oxygen atoms in total. The molecule has 2 rings (SSSR count). The number of ether oxygens (including phenoxy) is 1. The number of carbonyl (C=O) groups excluding carboxylic acids is 2. The summed E-state index contributed by atoms with van der Waals surface area (Å²) in [5.74, 6) is -0.842. The molecule has 0 saturated heterocycles. The summed E-state index contributed by atoms with van der Waals surface area (Å²) < 4.78 is 4.88. The molecule has 110 valence electrons. The Morgan fingerprint density at radius 1 is 1.29 bits per heavy atom. The first-order valence-corrected chi connectivity index (χ1v) is 7.18. The molecule has 1 heterocycles. The van der Waals surface area contributed by atoms with Gasteiger partial charge < -0.3 is 15.2 Å². The standard InChI is InChI=1S/C15H15NO4S/c1-10-9-12(15(19)20-8-7-17)14(21-10)16-13(18)11-5-3-2-4-6-11/h2-6,9,17H,7-8H2,1H3,(H,16,18). The topological polar surface area (TPSA) is 75.6 Å². The van der Waals surface area contributed by atoms with Crippen molar-refractivity contribution < 1.29 is 19.4 Å². The second-order valence-electron chi connectivity index (χ2n) is 4.28. The minimum Gasteiger partial charge on any atom is -0.460 e. The molecule has 6 heteroatoms. The molecule has 1 aromatic heterocycles. The summed E-state index contributed by atoms with van der Waals surface area (Å²) in [7, 11) is 0. The van der Waals surface area contributed by atoms with Crippen LogP contribution in [0.25, 0.3) is 0 Å². The first-order chi connectivity index (χ1) is 10.1. The van der Waals surface area contributed by atoms with Crippen molar-refractivity contribution >= 4 is 28.2 Å². The van der Waals surface area contributed by atoms with E-state index in [1.165, 1.54) is 11.3 Å². The number of aliphatic hydroxyl groups excluding tert-OH is 1. The van der Waals surface area contributed by atoms with Crippen molar-refractivity contribution in [1.82, 2.24) is 0 Å². The monoisotopic (exact) mass is 305 g/mol. The van der Waals surface area contributed by atoms with E-state index in [0.29, 0.717) is 16.1 Å². The molecule has 0 unspecified atom stereocenters. The molecule has 2 aromatic rings. The van der Waals surface area contributed by atoms with Gasteiger partial charge in [0.2, 0.25) is 0 Å². The van der Waals surface area contributed by atoms with E-state index in [1.807, 2.05) is 13.0 Å². The average Bonchev–Trinajstić information content (AvgIpc) is 2.86. The minimum atomic E-state index is -0.559. The van der Waals surface area contributed by atoms with Gasteiger partial charge in [-0.3, -0.25) is 4.79 Å². The molecule has 2 N–H and O–H groups in total. The molecule has 0 spiro atoms. The van der Waals surface area contributed by atoms with Gasteiger partial charge in [-0.05, 0) is 25.1 Å². The van der Waals surface area contributed by atoms with E-state index in [1.54, 1.807) is 30.3 Å². The zero-order valence-electron chi connectivity index (χ0n) is 11.5. The van der Waals surface area contributed by atoms with Gasteiger partial charge in [-0.15, -0.1) is 11.3 Å². The van der Waals surface area contributed by atoms with Crippen LogP contribution in [-0.4, -0.2) is 30.2 Å². The maximum absolute atomic E-state index is 12.1. The lowest BCUT2D eigenvalue weighted by atomic mass is 10.2. The number of aliphatic hydroxyl groups is 1. The number of rotatable bonds is 5. The van der Waals surface area contributed by atoms with E-state index in [4.69, 9.17) is 9.84 Å². The molecule has 0 aliphatic carbocycles. The third-order valence-corrected chi connectivity index (χ3v) is 3.63. The Bertz CT molecular complexity index is 636. The van der Waals surface area contributed by atoms with E-state index in [0.717, 1.165) is 4.88 Å². The molecular formula is C15H15NO4S. The number of benzene rings is 1. The molecule has 0 fully saturated rings.